The van der Waals surface area contributed by atoms with E-state index in [0.717, 1.165) is 43.0 Å². The summed E-state index contributed by atoms with van der Waals surface area (Å²) in [5, 5.41) is 3.40. The maximum atomic E-state index is 11.7. The lowest BCUT2D eigenvalue weighted by molar-refractivity contribution is -0.137. The molecule has 2 aliphatic rings. The number of amides is 1. The molecule has 1 N–H and O–H groups in total. The fraction of sp³-hybridized carbons (Fsp3) is 0.440. The molecule has 0 unspecified atom stereocenters. The molecule has 0 saturated carbocycles. The number of rotatable bonds is 5. The van der Waals surface area contributed by atoms with E-state index in [-0.39, 0.29) is 18.6 Å². The van der Waals surface area contributed by atoms with Gasteiger partial charge in [-0.3, -0.25) is 9.78 Å². The Morgan fingerprint density at radius 3 is 2.79 bits per heavy atom. The van der Waals surface area contributed by atoms with E-state index in [1.165, 1.54) is 11.3 Å². The summed E-state index contributed by atoms with van der Waals surface area (Å²) < 4.78 is 11.9. The second kappa shape index (κ2) is 9.90. The fourth-order valence-electron chi connectivity index (χ4n) is 4.55. The van der Waals surface area contributed by atoms with Crippen molar-refractivity contribution in [1.29, 1.82) is 0 Å². The monoisotopic (exact) mass is 462 g/mol. The zero-order chi connectivity index (χ0) is 23.5. The number of anilines is 1. The minimum Gasteiger partial charge on any atom is -0.473 e. The summed E-state index contributed by atoms with van der Waals surface area (Å²) in [6.45, 7) is 9.63. The third-order valence-corrected chi connectivity index (χ3v) is 6.36. The molecule has 0 spiro atoms. The molecule has 34 heavy (non-hydrogen) atoms. The molecular formula is C25H30N6O3. The molecule has 0 radical (unpaired) electrons. The topological polar surface area (TPSA) is 92.7 Å². The van der Waals surface area contributed by atoms with Crippen LogP contribution in [0.1, 0.15) is 12.5 Å². The van der Waals surface area contributed by atoms with E-state index in [4.69, 9.17) is 14.5 Å². The number of aryl methyl sites for hydroxylation is 1. The van der Waals surface area contributed by atoms with Crippen molar-refractivity contribution in [2.45, 2.75) is 20.0 Å². The first-order valence-electron chi connectivity index (χ1n) is 11.8. The van der Waals surface area contributed by atoms with E-state index in [1.807, 2.05) is 6.07 Å². The van der Waals surface area contributed by atoms with Crippen molar-refractivity contribution in [3.63, 3.8) is 0 Å². The van der Waals surface area contributed by atoms with Crippen LogP contribution in [0.2, 0.25) is 0 Å². The van der Waals surface area contributed by atoms with Gasteiger partial charge in [-0.25, -0.2) is 9.97 Å². The van der Waals surface area contributed by atoms with Crippen LogP contribution in [-0.2, 0) is 9.53 Å². The fourth-order valence-corrected chi connectivity index (χ4v) is 4.55. The lowest BCUT2D eigenvalue weighted by Crippen LogP contribution is -2.46. The first-order valence-corrected chi connectivity index (χ1v) is 11.8. The number of hydrogen-bond donors (Lipinski definition) is 1. The number of pyridine rings is 1. The zero-order valence-corrected chi connectivity index (χ0v) is 19.7. The first kappa shape index (κ1) is 22.5. The van der Waals surface area contributed by atoms with E-state index in [1.54, 1.807) is 24.2 Å². The summed E-state index contributed by atoms with van der Waals surface area (Å²) in [4.78, 5) is 29.7. The van der Waals surface area contributed by atoms with Gasteiger partial charge in [0.25, 0.3) is 0 Å². The minimum atomic E-state index is -0.213. The van der Waals surface area contributed by atoms with Crippen LogP contribution in [0, 0.1) is 6.92 Å². The smallest absolute Gasteiger partial charge is 0.242 e. The Morgan fingerprint density at radius 1 is 1.18 bits per heavy atom. The number of morpholine rings is 1. The Bertz CT molecular complexity index is 1180. The Kier molecular flexibility index (Phi) is 6.55. The molecular weight excluding hydrogens is 432 g/mol. The van der Waals surface area contributed by atoms with Crippen LogP contribution in [0.4, 0.5) is 5.69 Å². The van der Waals surface area contributed by atoms with Gasteiger partial charge in [-0.15, -0.1) is 0 Å². The Balaban J connectivity index is 1.40. The van der Waals surface area contributed by atoms with Crippen molar-refractivity contribution in [2.24, 2.45) is 0 Å². The molecule has 0 aliphatic carbocycles. The van der Waals surface area contributed by atoms with Gasteiger partial charge < -0.3 is 24.6 Å². The highest BCUT2D eigenvalue weighted by molar-refractivity contribution is 5.83. The van der Waals surface area contributed by atoms with Crippen molar-refractivity contribution in [2.75, 3.05) is 57.4 Å². The van der Waals surface area contributed by atoms with E-state index in [9.17, 15) is 4.79 Å². The van der Waals surface area contributed by atoms with Gasteiger partial charge in [0.05, 0.1) is 24.4 Å². The third-order valence-electron chi connectivity index (χ3n) is 6.36. The molecule has 2 fully saturated rings. The van der Waals surface area contributed by atoms with Crippen molar-refractivity contribution in [3.8, 4) is 17.1 Å². The van der Waals surface area contributed by atoms with Crippen LogP contribution in [0.5, 0.6) is 5.88 Å². The van der Waals surface area contributed by atoms with E-state index in [0.29, 0.717) is 31.1 Å². The number of fused-ring (bicyclic) bond motifs is 1. The summed E-state index contributed by atoms with van der Waals surface area (Å²) in [7, 11) is 0. The molecule has 5 rings (SSSR count). The molecule has 9 nitrogen and oxygen atoms in total. The van der Waals surface area contributed by atoms with Gasteiger partial charge in [0.2, 0.25) is 11.8 Å². The SMILES string of the molecule is CC(=O)N1CCO[C@H](COc2nc(-c3ccc(N4CCNCC4)c(C)c3)cc3nccnc23)C1. The number of ether oxygens (including phenoxy) is 2. The lowest BCUT2D eigenvalue weighted by Gasteiger charge is -2.32. The molecule has 9 heteroatoms. The largest absolute Gasteiger partial charge is 0.473 e. The Labute approximate surface area is 199 Å². The highest BCUT2D eigenvalue weighted by atomic mass is 16.5. The van der Waals surface area contributed by atoms with Gasteiger partial charge in [-0.2, -0.15) is 0 Å². The molecule has 3 aromatic rings. The third kappa shape index (κ3) is 4.80. The van der Waals surface area contributed by atoms with Gasteiger partial charge in [0.15, 0.2) is 5.52 Å². The van der Waals surface area contributed by atoms with Gasteiger partial charge in [-0.05, 0) is 30.7 Å². The number of benzene rings is 1. The summed E-state index contributed by atoms with van der Waals surface area (Å²) in [6.07, 6.45) is 3.09. The van der Waals surface area contributed by atoms with Crippen molar-refractivity contribution < 1.29 is 14.3 Å². The van der Waals surface area contributed by atoms with Gasteiger partial charge >= 0.3 is 0 Å². The minimum absolute atomic E-state index is 0.0457. The molecule has 2 aliphatic heterocycles. The molecule has 1 atom stereocenters. The van der Waals surface area contributed by atoms with Crippen molar-refractivity contribution in [3.05, 3.63) is 42.2 Å². The standard InChI is InChI=1S/C25H30N6O3/c1-17-13-19(3-4-23(17)30-9-7-26-8-10-30)21-14-22-24(28-6-5-27-22)25(29-21)34-16-20-15-31(18(2)32)11-12-33-20/h3-6,13-14,20,26H,7-12,15-16H2,1-2H3/t20-/m0/s1. The van der Waals surface area contributed by atoms with E-state index < -0.39 is 0 Å². The van der Waals surface area contributed by atoms with E-state index in [2.05, 4.69) is 45.3 Å². The van der Waals surface area contributed by atoms with Gasteiger partial charge in [0, 0.05) is 63.3 Å². The molecule has 4 heterocycles. The molecule has 178 valence electrons. The second-order valence-corrected chi connectivity index (χ2v) is 8.74. The number of hydrogen-bond acceptors (Lipinski definition) is 8. The highest BCUT2D eigenvalue weighted by Gasteiger charge is 2.23. The Morgan fingerprint density at radius 2 is 2.00 bits per heavy atom. The highest BCUT2D eigenvalue weighted by Crippen LogP contribution is 2.30. The predicted molar refractivity (Wildman–Crippen MR) is 130 cm³/mol. The van der Waals surface area contributed by atoms with E-state index >= 15 is 0 Å². The summed E-state index contributed by atoms with van der Waals surface area (Å²) in [5.74, 6) is 0.470. The molecule has 1 amide bonds. The van der Waals surface area contributed by atoms with Crippen LogP contribution >= 0.6 is 0 Å². The number of carbonyl (C=O) groups is 1. The maximum absolute atomic E-state index is 11.7. The zero-order valence-electron chi connectivity index (χ0n) is 19.7. The number of carbonyl (C=O) groups excluding carboxylic acids is 1. The quantitative estimate of drug-likeness (QED) is 0.616. The number of nitrogens with zero attached hydrogens (tertiary/aromatic N) is 5. The van der Waals surface area contributed by atoms with Crippen molar-refractivity contribution >= 4 is 22.6 Å². The molecule has 2 saturated heterocycles. The molecule has 2 aromatic heterocycles. The second-order valence-electron chi connectivity index (χ2n) is 8.74. The normalized spacial score (nSPS) is 18.8. The number of piperazine rings is 1. The maximum Gasteiger partial charge on any atom is 0.242 e. The molecule has 1 aromatic carbocycles. The van der Waals surface area contributed by atoms with Crippen LogP contribution in [0.15, 0.2) is 36.7 Å². The number of nitrogens with one attached hydrogen (secondary N) is 1. The summed E-state index contributed by atoms with van der Waals surface area (Å²) in [5.41, 5.74) is 5.59. The van der Waals surface area contributed by atoms with Crippen LogP contribution < -0.4 is 15.0 Å². The number of aromatic nitrogens is 3. The van der Waals surface area contributed by atoms with Gasteiger partial charge in [-0.1, -0.05) is 6.07 Å². The lowest BCUT2D eigenvalue weighted by atomic mass is 10.0. The van der Waals surface area contributed by atoms with Crippen molar-refractivity contribution in [1.82, 2.24) is 25.2 Å². The summed E-state index contributed by atoms with van der Waals surface area (Å²) in [6, 6.07) is 8.39. The summed E-state index contributed by atoms with van der Waals surface area (Å²) >= 11 is 0. The van der Waals surface area contributed by atoms with Crippen LogP contribution in [0.25, 0.3) is 22.3 Å². The molecule has 0 bridgehead atoms. The van der Waals surface area contributed by atoms with Gasteiger partial charge in [0.1, 0.15) is 12.7 Å². The van der Waals surface area contributed by atoms with Crippen LogP contribution in [-0.4, -0.2) is 84.3 Å². The average Bonchev–Trinajstić information content (AvgIpc) is 2.87. The first-order chi connectivity index (χ1) is 16.6. The predicted octanol–water partition coefficient (Wildman–Crippen LogP) is 2.04. The average molecular weight is 463 g/mol. The Hall–Kier alpha value is -3.30. The van der Waals surface area contributed by atoms with Crippen LogP contribution in [0.3, 0.4) is 0 Å².